The van der Waals surface area contributed by atoms with E-state index >= 15 is 0 Å². The molecule has 0 radical (unpaired) electrons. The molecule has 1 aromatic rings. The Kier molecular flexibility index (Phi) is 7.29. The summed E-state index contributed by atoms with van der Waals surface area (Å²) < 4.78 is 0. The molecule has 0 spiro atoms. The largest absolute Gasteiger partial charge is 0.394 e. The Labute approximate surface area is 138 Å². The molecule has 128 valence electrons. The number of hydrogen-bond donors (Lipinski definition) is 3. The maximum absolute atomic E-state index is 11.9. The molecular formula is C17H28N4O2. The van der Waals surface area contributed by atoms with Crippen molar-refractivity contribution in [1.29, 1.82) is 0 Å². The number of nitrogens with zero attached hydrogens (tertiary/aromatic N) is 2. The molecule has 0 saturated carbocycles. The Bertz CT molecular complexity index is 457. The van der Waals surface area contributed by atoms with Crippen LogP contribution in [0.3, 0.4) is 0 Å². The van der Waals surface area contributed by atoms with Crippen LogP contribution in [0.2, 0.25) is 0 Å². The van der Waals surface area contributed by atoms with Crippen molar-refractivity contribution >= 4 is 6.03 Å². The average Bonchev–Trinajstić information content (AvgIpc) is 2.60. The number of nitrogens with one attached hydrogen (secondary N) is 2. The number of amides is 2. The van der Waals surface area contributed by atoms with Gasteiger partial charge in [0.2, 0.25) is 0 Å². The number of aliphatic hydroxyl groups excluding tert-OH is 1. The third-order valence-electron chi connectivity index (χ3n) is 4.44. The van der Waals surface area contributed by atoms with E-state index in [2.05, 4.69) is 32.7 Å². The molecule has 6 heteroatoms. The van der Waals surface area contributed by atoms with Crippen molar-refractivity contribution in [2.24, 2.45) is 0 Å². The van der Waals surface area contributed by atoms with Crippen LogP contribution in [0.1, 0.15) is 31.7 Å². The second kappa shape index (κ2) is 9.47. The molecule has 1 fully saturated rings. The topological polar surface area (TPSA) is 77.5 Å². The number of aromatic nitrogens is 1. The fourth-order valence-electron chi connectivity index (χ4n) is 2.83. The molecule has 1 atom stereocenters. The van der Waals surface area contributed by atoms with Gasteiger partial charge in [0.25, 0.3) is 0 Å². The molecule has 2 rings (SSSR count). The van der Waals surface area contributed by atoms with Crippen LogP contribution in [0.25, 0.3) is 0 Å². The first-order valence-corrected chi connectivity index (χ1v) is 8.50. The van der Waals surface area contributed by atoms with Crippen LogP contribution in [-0.2, 0) is 6.42 Å². The first kappa shape index (κ1) is 17.7. The van der Waals surface area contributed by atoms with Crippen molar-refractivity contribution in [2.45, 2.75) is 44.7 Å². The van der Waals surface area contributed by atoms with Gasteiger partial charge in [-0.15, -0.1) is 0 Å². The first-order valence-electron chi connectivity index (χ1n) is 8.50. The summed E-state index contributed by atoms with van der Waals surface area (Å²) in [5, 5.41) is 14.9. The second-order valence-corrected chi connectivity index (χ2v) is 6.13. The molecule has 1 unspecified atom stereocenters. The quantitative estimate of drug-likeness (QED) is 0.704. The van der Waals surface area contributed by atoms with Gasteiger partial charge in [0, 0.05) is 38.1 Å². The lowest BCUT2D eigenvalue weighted by Gasteiger charge is -2.32. The lowest BCUT2D eigenvalue weighted by molar-refractivity contribution is 0.187. The fraction of sp³-hybridized carbons (Fsp3) is 0.647. The van der Waals surface area contributed by atoms with Gasteiger partial charge in [-0.25, -0.2) is 4.79 Å². The van der Waals surface area contributed by atoms with E-state index < -0.39 is 0 Å². The zero-order valence-electron chi connectivity index (χ0n) is 13.9. The SMILES string of the molecule is CCC(CO)NC(=O)NC1CCN(CCc2ccncc2)CC1. The Morgan fingerprint density at radius 1 is 1.39 bits per heavy atom. The minimum absolute atomic E-state index is 0.0165. The molecule has 1 aromatic heterocycles. The van der Waals surface area contributed by atoms with Crippen LogP contribution in [0.5, 0.6) is 0 Å². The summed E-state index contributed by atoms with van der Waals surface area (Å²) in [5.74, 6) is 0. The van der Waals surface area contributed by atoms with Gasteiger partial charge in [-0.3, -0.25) is 4.98 Å². The van der Waals surface area contributed by atoms with E-state index in [-0.39, 0.29) is 24.7 Å². The predicted octanol–water partition coefficient (Wildman–Crippen LogP) is 1.16. The van der Waals surface area contributed by atoms with Crippen molar-refractivity contribution < 1.29 is 9.90 Å². The van der Waals surface area contributed by atoms with E-state index in [4.69, 9.17) is 5.11 Å². The molecule has 0 aliphatic carbocycles. The normalized spacial score (nSPS) is 17.7. The lowest BCUT2D eigenvalue weighted by Crippen LogP contribution is -2.50. The minimum Gasteiger partial charge on any atom is -0.394 e. The van der Waals surface area contributed by atoms with E-state index in [1.807, 2.05) is 19.3 Å². The summed E-state index contributed by atoms with van der Waals surface area (Å²) in [6.45, 7) is 4.99. The van der Waals surface area contributed by atoms with Crippen molar-refractivity contribution in [3.8, 4) is 0 Å². The number of hydrogen-bond acceptors (Lipinski definition) is 4. The van der Waals surface area contributed by atoms with Crippen molar-refractivity contribution in [3.63, 3.8) is 0 Å². The van der Waals surface area contributed by atoms with Gasteiger partial charge < -0.3 is 20.6 Å². The number of carbonyl (C=O) groups excluding carboxylic acids is 1. The second-order valence-electron chi connectivity index (χ2n) is 6.13. The zero-order chi connectivity index (χ0) is 16.5. The Morgan fingerprint density at radius 3 is 2.70 bits per heavy atom. The highest BCUT2D eigenvalue weighted by Crippen LogP contribution is 2.11. The molecule has 0 aromatic carbocycles. The van der Waals surface area contributed by atoms with Crippen molar-refractivity contribution in [2.75, 3.05) is 26.2 Å². The molecule has 2 heterocycles. The van der Waals surface area contributed by atoms with E-state index in [0.29, 0.717) is 0 Å². The van der Waals surface area contributed by atoms with Crippen LogP contribution in [0.15, 0.2) is 24.5 Å². The smallest absolute Gasteiger partial charge is 0.315 e. The summed E-state index contributed by atoms with van der Waals surface area (Å²) in [7, 11) is 0. The standard InChI is InChI=1S/C17H28N4O2/c1-2-15(13-22)19-17(23)20-16-6-11-21(12-7-16)10-5-14-3-8-18-9-4-14/h3-4,8-9,15-16,22H,2,5-7,10-13H2,1H3,(H2,19,20,23). The monoisotopic (exact) mass is 320 g/mol. The van der Waals surface area contributed by atoms with E-state index in [9.17, 15) is 4.79 Å². The maximum atomic E-state index is 11.9. The maximum Gasteiger partial charge on any atom is 0.315 e. The van der Waals surface area contributed by atoms with E-state index in [0.717, 1.165) is 45.3 Å². The van der Waals surface area contributed by atoms with Gasteiger partial charge in [-0.05, 0) is 43.4 Å². The molecular weight excluding hydrogens is 292 g/mol. The van der Waals surface area contributed by atoms with Crippen LogP contribution in [0, 0.1) is 0 Å². The fourth-order valence-corrected chi connectivity index (χ4v) is 2.83. The first-order chi connectivity index (χ1) is 11.2. The van der Waals surface area contributed by atoms with E-state index in [1.165, 1.54) is 5.56 Å². The lowest BCUT2D eigenvalue weighted by atomic mass is 10.0. The Hall–Kier alpha value is -1.66. The number of piperidine rings is 1. The van der Waals surface area contributed by atoms with Crippen LogP contribution in [-0.4, -0.2) is 59.3 Å². The van der Waals surface area contributed by atoms with Gasteiger partial charge in [0.1, 0.15) is 0 Å². The third-order valence-corrected chi connectivity index (χ3v) is 4.44. The van der Waals surface area contributed by atoms with Gasteiger partial charge in [0.05, 0.1) is 12.6 Å². The molecule has 2 amide bonds. The van der Waals surface area contributed by atoms with Gasteiger partial charge in [-0.1, -0.05) is 6.92 Å². The number of rotatable bonds is 7. The Balaban J connectivity index is 1.64. The number of likely N-dealkylation sites (tertiary alicyclic amines) is 1. The molecule has 6 nitrogen and oxygen atoms in total. The molecule has 1 saturated heterocycles. The highest BCUT2D eigenvalue weighted by molar-refractivity contribution is 5.74. The van der Waals surface area contributed by atoms with E-state index in [1.54, 1.807) is 0 Å². The molecule has 23 heavy (non-hydrogen) atoms. The van der Waals surface area contributed by atoms with Crippen LogP contribution < -0.4 is 10.6 Å². The highest BCUT2D eigenvalue weighted by Gasteiger charge is 2.21. The predicted molar refractivity (Wildman–Crippen MR) is 90.2 cm³/mol. The average molecular weight is 320 g/mol. The van der Waals surface area contributed by atoms with Gasteiger partial charge in [0.15, 0.2) is 0 Å². The summed E-state index contributed by atoms with van der Waals surface area (Å²) in [6, 6.07) is 4.02. The number of pyridine rings is 1. The number of carbonyl (C=O) groups is 1. The minimum atomic E-state index is -0.166. The van der Waals surface area contributed by atoms with Crippen LogP contribution in [0.4, 0.5) is 4.79 Å². The number of urea groups is 1. The zero-order valence-corrected chi connectivity index (χ0v) is 13.9. The van der Waals surface area contributed by atoms with Gasteiger partial charge >= 0.3 is 6.03 Å². The number of aliphatic hydroxyl groups is 1. The molecule has 0 bridgehead atoms. The summed E-state index contributed by atoms with van der Waals surface area (Å²) in [4.78, 5) is 18.4. The Morgan fingerprint density at radius 2 is 2.09 bits per heavy atom. The third kappa shape index (κ3) is 6.15. The molecule has 1 aliphatic rings. The van der Waals surface area contributed by atoms with Crippen LogP contribution >= 0.6 is 0 Å². The summed E-state index contributed by atoms with van der Waals surface area (Å²) >= 11 is 0. The van der Waals surface area contributed by atoms with Crippen molar-refractivity contribution in [1.82, 2.24) is 20.5 Å². The van der Waals surface area contributed by atoms with Crippen molar-refractivity contribution in [3.05, 3.63) is 30.1 Å². The molecule has 3 N–H and O–H groups in total. The molecule has 1 aliphatic heterocycles. The highest BCUT2D eigenvalue weighted by atomic mass is 16.3. The summed E-state index contributed by atoms with van der Waals surface area (Å²) in [6.07, 6.45) is 7.38. The summed E-state index contributed by atoms with van der Waals surface area (Å²) in [5.41, 5.74) is 1.31. The van der Waals surface area contributed by atoms with Gasteiger partial charge in [-0.2, -0.15) is 0 Å².